The second-order valence-corrected chi connectivity index (χ2v) is 5.72. The van der Waals surface area contributed by atoms with Crippen molar-refractivity contribution in [3.8, 4) is 0 Å². The maximum absolute atomic E-state index is 10.8. The van der Waals surface area contributed by atoms with Gasteiger partial charge in [-0.2, -0.15) is 0 Å². The van der Waals surface area contributed by atoms with Crippen molar-refractivity contribution >= 4 is 11.6 Å². The number of nitrogens with one attached hydrogen (secondary N) is 1. The van der Waals surface area contributed by atoms with Crippen molar-refractivity contribution in [3.05, 3.63) is 75.3 Å². The van der Waals surface area contributed by atoms with Crippen molar-refractivity contribution in [1.82, 2.24) is 5.32 Å². The molecule has 0 amide bonds. The number of hydrogen-bond donors (Lipinski definition) is 2. The van der Waals surface area contributed by atoms with Crippen LogP contribution in [0, 0.1) is 17.0 Å². The van der Waals surface area contributed by atoms with E-state index in [4.69, 9.17) is 5.73 Å². The molecule has 0 saturated carbocycles. The van der Waals surface area contributed by atoms with E-state index >= 15 is 0 Å². The summed E-state index contributed by atoms with van der Waals surface area (Å²) in [5.74, 6) is 0.394. The molecule has 0 spiro atoms. The van der Waals surface area contributed by atoms with Crippen LogP contribution in [0.4, 0.5) is 5.69 Å². The van der Waals surface area contributed by atoms with Crippen LogP contribution in [0.2, 0.25) is 0 Å². The third-order valence-electron chi connectivity index (χ3n) is 4.04. The zero-order valence-electron chi connectivity index (χ0n) is 12.8. The highest BCUT2D eigenvalue weighted by atomic mass is 16.6. The lowest BCUT2D eigenvalue weighted by Gasteiger charge is -2.28. The van der Waals surface area contributed by atoms with Crippen LogP contribution in [0.1, 0.15) is 35.2 Å². The van der Waals surface area contributed by atoms with Crippen molar-refractivity contribution in [2.24, 2.45) is 10.7 Å². The minimum absolute atomic E-state index is 0.0143. The normalized spacial score (nSPS) is 20.5. The molecule has 3 rings (SSSR count). The first-order valence-electron chi connectivity index (χ1n) is 7.43. The van der Waals surface area contributed by atoms with Gasteiger partial charge in [0.1, 0.15) is 0 Å². The number of nitro benzene ring substituents is 1. The number of non-ortho nitro benzene ring substituents is 1. The number of nitrogens with zero attached hydrogens (tertiary/aromatic N) is 2. The van der Waals surface area contributed by atoms with E-state index in [2.05, 4.69) is 34.6 Å². The predicted octanol–water partition coefficient (Wildman–Crippen LogP) is 2.99. The lowest BCUT2D eigenvalue weighted by Crippen LogP contribution is -2.39. The van der Waals surface area contributed by atoms with Crippen LogP contribution in [0.5, 0.6) is 0 Å². The Morgan fingerprint density at radius 3 is 2.35 bits per heavy atom. The Morgan fingerprint density at radius 2 is 1.74 bits per heavy atom. The molecule has 0 aliphatic carbocycles. The smallest absolute Gasteiger partial charge is 0.269 e. The Morgan fingerprint density at radius 1 is 1.13 bits per heavy atom. The van der Waals surface area contributed by atoms with Crippen LogP contribution < -0.4 is 11.1 Å². The van der Waals surface area contributed by atoms with E-state index in [9.17, 15) is 10.1 Å². The molecule has 0 fully saturated rings. The van der Waals surface area contributed by atoms with Gasteiger partial charge in [-0.3, -0.25) is 10.1 Å². The van der Waals surface area contributed by atoms with Crippen molar-refractivity contribution in [2.45, 2.75) is 25.4 Å². The van der Waals surface area contributed by atoms with Gasteiger partial charge < -0.3 is 11.1 Å². The first kappa shape index (κ1) is 15.0. The molecule has 6 nitrogen and oxygen atoms in total. The molecule has 6 heteroatoms. The van der Waals surface area contributed by atoms with Gasteiger partial charge in [0.2, 0.25) is 0 Å². The summed E-state index contributed by atoms with van der Waals surface area (Å²) in [7, 11) is 0. The van der Waals surface area contributed by atoms with Gasteiger partial charge in [0, 0.05) is 12.1 Å². The van der Waals surface area contributed by atoms with Gasteiger partial charge in [-0.25, -0.2) is 4.99 Å². The largest absolute Gasteiger partial charge is 0.370 e. The molecule has 0 bridgehead atoms. The monoisotopic (exact) mass is 310 g/mol. The van der Waals surface area contributed by atoms with E-state index in [-0.39, 0.29) is 17.8 Å². The minimum Gasteiger partial charge on any atom is -0.370 e. The molecule has 2 aromatic carbocycles. The highest BCUT2D eigenvalue weighted by Gasteiger charge is 2.24. The maximum Gasteiger partial charge on any atom is 0.269 e. The molecular weight excluding hydrogens is 292 g/mol. The minimum atomic E-state index is -0.400. The zero-order valence-corrected chi connectivity index (χ0v) is 12.8. The van der Waals surface area contributed by atoms with Crippen LogP contribution in [0.15, 0.2) is 53.5 Å². The van der Waals surface area contributed by atoms with Gasteiger partial charge in [-0.15, -0.1) is 0 Å². The van der Waals surface area contributed by atoms with Crippen LogP contribution in [-0.4, -0.2) is 10.9 Å². The molecule has 2 unspecified atom stereocenters. The van der Waals surface area contributed by atoms with E-state index in [1.54, 1.807) is 12.1 Å². The van der Waals surface area contributed by atoms with Crippen LogP contribution in [0.25, 0.3) is 0 Å². The highest BCUT2D eigenvalue weighted by molar-refractivity contribution is 5.79. The molecule has 1 heterocycles. The van der Waals surface area contributed by atoms with E-state index in [0.717, 1.165) is 17.5 Å². The van der Waals surface area contributed by atoms with Crippen LogP contribution >= 0.6 is 0 Å². The highest BCUT2D eigenvalue weighted by Crippen LogP contribution is 2.32. The van der Waals surface area contributed by atoms with Gasteiger partial charge in [-0.05, 0) is 24.5 Å². The van der Waals surface area contributed by atoms with E-state index in [1.165, 1.54) is 17.7 Å². The summed E-state index contributed by atoms with van der Waals surface area (Å²) in [4.78, 5) is 14.8. The van der Waals surface area contributed by atoms with Crippen molar-refractivity contribution < 1.29 is 4.92 Å². The Bertz CT molecular complexity index is 738. The number of rotatable bonds is 3. The van der Waals surface area contributed by atoms with Crippen molar-refractivity contribution in [2.75, 3.05) is 0 Å². The van der Waals surface area contributed by atoms with E-state index in [0.29, 0.717) is 5.96 Å². The molecule has 0 aromatic heterocycles. The molecule has 23 heavy (non-hydrogen) atoms. The fourth-order valence-electron chi connectivity index (χ4n) is 2.77. The zero-order chi connectivity index (χ0) is 16.4. The summed E-state index contributed by atoms with van der Waals surface area (Å²) >= 11 is 0. The molecule has 1 aliphatic heterocycles. The number of nitro groups is 1. The Kier molecular flexibility index (Phi) is 3.97. The molecular formula is C17H18N4O2. The fraction of sp³-hybridized carbons (Fsp3) is 0.235. The molecule has 1 aliphatic rings. The van der Waals surface area contributed by atoms with Crippen LogP contribution in [-0.2, 0) is 0 Å². The second kappa shape index (κ2) is 6.08. The topological polar surface area (TPSA) is 93.5 Å². The molecule has 2 aromatic rings. The molecule has 3 N–H and O–H groups in total. The van der Waals surface area contributed by atoms with Gasteiger partial charge in [0.05, 0.1) is 17.0 Å². The summed E-state index contributed by atoms with van der Waals surface area (Å²) in [6, 6.07) is 14.8. The SMILES string of the molecule is Cc1ccc(C2CC(c3ccc([N+](=O)[O-])cc3)NC(N)=N2)cc1. The molecule has 0 radical (unpaired) electrons. The molecule has 118 valence electrons. The average Bonchev–Trinajstić information content (AvgIpc) is 2.55. The molecule has 0 saturated heterocycles. The Balaban J connectivity index is 1.83. The van der Waals surface area contributed by atoms with Gasteiger partial charge in [0.15, 0.2) is 5.96 Å². The maximum atomic E-state index is 10.8. The first-order chi connectivity index (χ1) is 11.0. The number of aliphatic imine (C=N–C) groups is 1. The lowest BCUT2D eigenvalue weighted by atomic mass is 9.93. The predicted molar refractivity (Wildman–Crippen MR) is 89.1 cm³/mol. The number of guanidine groups is 1. The standard InChI is InChI=1S/C17H18N4O2/c1-11-2-4-12(5-3-11)15-10-16(20-17(18)19-15)13-6-8-14(9-7-13)21(22)23/h2-9,15-16H,10H2,1H3,(H3,18,19,20). The lowest BCUT2D eigenvalue weighted by molar-refractivity contribution is -0.384. The van der Waals surface area contributed by atoms with E-state index < -0.39 is 4.92 Å². The van der Waals surface area contributed by atoms with Crippen LogP contribution in [0.3, 0.4) is 0 Å². The quantitative estimate of drug-likeness (QED) is 0.673. The summed E-state index contributed by atoms with van der Waals surface area (Å²) in [5, 5.41) is 13.9. The third-order valence-corrected chi connectivity index (χ3v) is 4.04. The van der Waals surface area contributed by atoms with Crippen molar-refractivity contribution in [1.29, 1.82) is 0 Å². The number of aryl methyl sites for hydroxylation is 1. The summed E-state index contributed by atoms with van der Waals surface area (Å²) < 4.78 is 0. The Labute approximate surface area is 134 Å². The summed E-state index contributed by atoms with van der Waals surface area (Å²) in [5.41, 5.74) is 9.29. The van der Waals surface area contributed by atoms with Gasteiger partial charge in [0.25, 0.3) is 5.69 Å². The first-order valence-corrected chi connectivity index (χ1v) is 7.43. The summed E-state index contributed by atoms with van der Waals surface area (Å²) in [6.45, 7) is 2.05. The van der Waals surface area contributed by atoms with Gasteiger partial charge >= 0.3 is 0 Å². The summed E-state index contributed by atoms with van der Waals surface area (Å²) in [6.07, 6.45) is 0.752. The van der Waals surface area contributed by atoms with Crippen molar-refractivity contribution in [3.63, 3.8) is 0 Å². The second-order valence-electron chi connectivity index (χ2n) is 5.72. The van der Waals surface area contributed by atoms with Gasteiger partial charge in [-0.1, -0.05) is 42.0 Å². The fourth-order valence-corrected chi connectivity index (χ4v) is 2.77. The number of nitrogens with two attached hydrogens (primary N) is 1. The van der Waals surface area contributed by atoms with E-state index in [1.807, 2.05) is 6.92 Å². The third kappa shape index (κ3) is 3.31. The number of hydrogen-bond acceptors (Lipinski definition) is 5. The number of benzene rings is 2. The molecule has 2 atom stereocenters. The Hall–Kier alpha value is -2.89. The average molecular weight is 310 g/mol.